The molecule has 1 unspecified atom stereocenters. The lowest BCUT2D eigenvalue weighted by Crippen LogP contribution is -2.58. The molecule has 2 rings (SSSR count). The summed E-state index contributed by atoms with van der Waals surface area (Å²) in [7, 11) is 1.37. The molecule has 20 heavy (non-hydrogen) atoms. The summed E-state index contributed by atoms with van der Waals surface area (Å²) in [5, 5.41) is 0. The van der Waals surface area contributed by atoms with Gasteiger partial charge in [0.15, 0.2) is 5.54 Å². The van der Waals surface area contributed by atoms with Crippen molar-refractivity contribution in [1.29, 1.82) is 0 Å². The van der Waals surface area contributed by atoms with Gasteiger partial charge in [0.1, 0.15) is 0 Å². The summed E-state index contributed by atoms with van der Waals surface area (Å²) < 4.78 is 4.98. The van der Waals surface area contributed by atoms with E-state index in [1.807, 2.05) is 44.2 Å². The topological polar surface area (TPSA) is 46.6 Å². The van der Waals surface area contributed by atoms with Gasteiger partial charge in [-0.05, 0) is 19.4 Å². The van der Waals surface area contributed by atoms with E-state index in [4.69, 9.17) is 4.74 Å². The van der Waals surface area contributed by atoms with Crippen molar-refractivity contribution in [1.82, 2.24) is 4.90 Å². The smallest absolute Gasteiger partial charge is 0.333 e. The normalized spacial score (nSPS) is 24.4. The van der Waals surface area contributed by atoms with Crippen molar-refractivity contribution in [2.45, 2.75) is 30.7 Å². The number of benzene rings is 1. The SMILES string of the molecule is COC(=O)C1(Cc2ccccc2)CSC(C)(C)N1C=O. The van der Waals surface area contributed by atoms with Crippen LogP contribution in [-0.4, -0.2) is 40.6 Å². The van der Waals surface area contributed by atoms with Gasteiger partial charge in [0, 0.05) is 12.2 Å². The van der Waals surface area contributed by atoms with Gasteiger partial charge in [0.25, 0.3) is 0 Å². The van der Waals surface area contributed by atoms with Crippen LogP contribution in [0, 0.1) is 0 Å². The maximum atomic E-state index is 12.4. The van der Waals surface area contributed by atoms with Crippen LogP contribution in [0.1, 0.15) is 19.4 Å². The minimum Gasteiger partial charge on any atom is -0.467 e. The fraction of sp³-hybridized carbons (Fsp3) is 0.467. The molecule has 1 heterocycles. The third-order valence-electron chi connectivity index (χ3n) is 3.72. The zero-order chi connectivity index (χ0) is 14.8. The average Bonchev–Trinajstić information content (AvgIpc) is 2.70. The largest absolute Gasteiger partial charge is 0.467 e. The second-order valence-corrected chi connectivity index (χ2v) is 6.97. The Morgan fingerprint density at radius 1 is 1.40 bits per heavy atom. The zero-order valence-corrected chi connectivity index (χ0v) is 12.8. The number of hydrogen-bond acceptors (Lipinski definition) is 4. The molecule has 0 saturated carbocycles. The molecule has 1 saturated heterocycles. The van der Waals surface area contributed by atoms with Crippen LogP contribution in [0.5, 0.6) is 0 Å². The van der Waals surface area contributed by atoms with E-state index in [-0.39, 0.29) is 5.97 Å². The summed E-state index contributed by atoms with van der Waals surface area (Å²) in [4.78, 5) is 25.1. The van der Waals surface area contributed by atoms with E-state index in [2.05, 4.69) is 0 Å². The van der Waals surface area contributed by atoms with E-state index >= 15 is 0 Å². The molecular weight excluding hydrogens is 274 g/mol. The van der Waals surface area contributed by atoms with E-state index in [9.17, 15) is 9.59 Å². The van der Waals surface area contributed by atoms with Crippen molar-refractivity contribution >= 4 is 24.1 Å². The number of hydrogen-bond donors (Lipinski definition) is 0. The highest BCUT2D eigenvalue weighted by Gasteiger charge is 2.56. The second-order valence-electron chi connectivity index (χ2n) is 5.40. The standard InChI is InChI=1S/C15H19NO3S/c1-14(2)16(11-17)15(10-20-14,13(18)19-3)9-12-7-5-4-6-8-12/h4-8,11H,9-10H2,1-3H3. The molecule has 0 radical (unpaired) electrons. The maximum absolute atomic E-state index is 12.4. The molecule has 5 heteroatoms. The highest BCUT2D eigenvalue weighted by molar-refractivity contribution is 8.00. The monoisotopic (exact) mass is 293 g/mol. The van der Waals surface area contributed by atoms with Crippen molar-refractivity contribution in [2.75, 3.05) is 12.9 Å². The molecule has 1 atom stereocenters. The van der Waals surface area contributed by atoms with E-state index in [1.165, 1.54) is 7.11 Å². The Hall–Kier alpha value is -1.49. The Balaban J connectivity index is 2.42. The molecule has 0 bridgehead atoms. The van der Waals surface area contributed by atoms with Gasteiger partial charge in [-0.15, -0.1) is 11.8 Å². The van der Waals surface area contributed by atoms with Crippen molar-refractivity contribution < 1.29 is 14.3 Å². The zero-order valence-electron chi connectivity index (χ0n) is 12.0. The number of rotatable bonds is 4. The number of nitrogens with zero attached hydrogens (tertiary/aromatic N) is 1. The summed E-state index contributed by atoms with van der Waals surface area (Å²) in [5.41, 5.74) is 0.0921. The number of thioether (sulfide) groups is 1. The van der Waals surface area contributed by atoms with Crippen LogP contribution >= 0.6 is 11.8 Å². The molecule has 4 nitrogen and oxygen atoms in total. The van der Waals surface area contributed by atoms with Gasteiger partial charge in [0.05, 0.1) is 12.0 Å². The second kappa shape index (κ2) is 5.48. The van der Waals surface area contributed by atoms with Gasteiger partial charge in [-0.25, -0.2) is 4.79 Å². The molecule has 0 aliphatic carbocycles. The van der Waals surface area contributed by atoms with Crippen LogP contribution in [0.4, 0.5) is 0 Å². The van der Waals surface area contributed by atoms with Gasteiger partial charge < -0.3 is 9.64 Å². The van der Waals surface area contributed by atoms with Crippen molar-refractivity contribution in [3.8, 4) is 0 Å². The molecular formula is C15H19NO3S. The quantitative estimate of drug-likeness (QED) is 0.630. The van der Waals surface area contributed by atoms with Crippen LogP contribution in [0.25, 0.3) is 0 Å². The molecule has 108 valence electrons. The molecule has 1 aromatic rings. The van der Waals surface area contributed by atoms with Crippen molar-refractivity contribution in [3.05, 3.63) is 35.9 Å². The molecule has 1 aliphatic rings. The van der Waals surface area contributed by atoms with Gasteiger partial charge in [-0.1, -0.05) is 30.3 Å². The number of amides is 1. The summed E-state index contributed by atoms with van der Waals surface area (Å²) in [5.74, 6) is 0.187. The van der Waals surface area contributed by atoms with E-state index in [0.717, 1.165) is 12.0 Å². The van der Waals surface area contributed by atoms with Crippen molar-refractivity contribution in [3.63, 3.8) is 0 Å². The van der Waals surface area contributed by atoms with Gasteiger partial charge >= 0.3 is 5.97 Å². The van der Waals surface area contributed by atoms with Gasteiger partial charge in [-0.3, -0.25) is 4.79 Å². The molecule has 1 aliphatic heterocycles. The van der Waals surface area contributed by atoms with E-state index < -0.39 is 10.4 Å². The first-order chi connectivity index (χ1) is 9.46. The number of carbonyl (C=O) groups excluding carboxylic acids is 2. The lowest BCUT2D eigenvalue weighted by atomic mass is 9.90. The van der Waals surface area contributed by atoms with Crippen LogP contribution in [0.3, 0.4) is 0 Å². The van der Waals surface area contributed by atoms with Crippen LogP contribution in [-0.2, 0) is 20.7 Å². The first-order valence-electron chi connectivity index (χ1n) is 6.47. The Morgan fingerprint density at radius 3 is 2.60 bits per heavy atom. The van der Waals surface area contributed by atoms with Gasteiger partial charge in [0.2, 0.25) is 6.41 Å². The minimum absolute atomic E-state index is 0.355. The molecule has 0 aromatic heterocycles. The fourth-order valence-electron chi connectivity index (χ4n) is 2.67. The third-order valence-corrected chi connectivity index (χ3v) is 5.24. The molecule has 1 fully saturated rings. The highest BCUT2D eigenvalue weighted by Crippen LogP contribution is 2.45. The third kappa shape index (κ3) is 2.42. The predicted octanol–water partition coefficient (Wildman–Crippen LogP) is 2.08. The summed E-state index contributed by atoms with van der Waals surface area (Å²) in [6.07, 6.45) is 1.23. The van der Waals surface area contributed by atoms with Crippen LogP contribution < -0.4 is 0 Å². The number of ether oxygens (including phenoxy) is 1. The predicted molar refractivity (Wildman–Crippen MR) is 79.3 cm³/mol. The average molecular weight is 293 g/mol. The Bertz CT molecular complexity index is 503. The van der Waals surface area contributed by atoms with Crippen LogP contribution in [0.2, 0.25) is 0 Å². The lowest BCUT2D eigenvalue weighted by molar-refractivity contribution is -0.158. The number of esters is 1. The number of carbonyl (C=O) groups is 2. The molecule has 0 N–H and O–H groups in total. The Labute approximate surface area is 123 Å². The summed E-state index contributed by atoms with van der Waals surface area (Å²) >= 11 is 1.60. The first-order valence-corrected chi connectivity index (χ1v) is 7.46. The molecule has 1 aromatic carbocycles. The van der Waals surface area contributed by atoms with Crippen LogP contribution in [0.15, 0.2) is 30.3 Å². The van der Waals surface area contributed by atoms with E-state index in [0.29, 0.717) is 12.2 Å². The van der Waals surface area contributed by atoms with E-state index in [1.54, 1.807) is 16.7 Å². The first kappa shape index (κ1) is 14.9. The highest BCUT2D eigenvalue weighted by atomic mass is 32.2. The number of methoxy groups -OCH3 is 1. The minimum atomic E-state index is -0.925. The lowest BCUT2D eigenvalue weighted by Gasteiger charge is -2.38. The summed E-state index contributed by atoms with van der Waals surface area (Å²) in [6, 6.07) is 9.71. The van der Waals surface area contributed by atoms with Crippen molar-refractivity contribution in [2.24, 2.45) is 0 Å². The van der Waals surface area contributed by atoms with Gasteiger partial charge in [-0.2, -0.15) is 0 Å². The Morgan fingerprint density at radius 2 is 2.05 bits per heavy atom. The summed E-state index contributed by atoms with van der Waals surface area (Å²) in [6.45, 7) is 3.89. The Kier molecular flexibility index (Phi) is 4.09. The fourth-order valence-corrected chi connectivity index (χ4v) is 3.98. The maximum Gasteiger partial charge on any atom is 0.333 e. The molecule has 0 spiro atoms. The molecule has 1 amide bonds.